The summed E-state index contributed by atoms with van der Waals surface area (Å²) in [5, 5.41) is 0. The molecule has 0 aromatic heterocycles. The van der Waals surface area contributed by atoms with Crippen molar-refractivity contribution in [2.75, 3.05) is 6.61 Å². The summed E-state index contributed by atoms with van der Waals surface area (Å²) in [5.74, 6) is -0.466. The van der Waals surface area contributed by atoms with Gasteiger partial charge in [0.15, 0.2) is 0 Å². The first-order chi connectivity index (χ1) is 8.77. The minimum Gasteiger partial charge on any atom is -0.368 e. The minimum atomic E-state index is -0.466. The van der Waals surface area contributed by atoms with Crippen LogP contribution in [0.15, 0.2) is 60.7 Å². The highest BCUT2D eigenvalue weighted by molar-refractivity contribution is 5.75. The van der Waals surface area contributed by atoms with Crippen molar-refractivity contribution in [2.24, 2.45) is 5.73 Å². The number of primary amides is 1. The zero-order valence-corrected chi connectivity index (χ0v) is 9.95. The van der Waals surface area contributed by atoms with E-state index < -0.39 is 5.91 Å². The minimum absolute atomic E-state index is 0.0888. The summed E-state index contributed by atoms with van der Waals surface area (Å²) in [5.41, 5.74) is 7.14. The average Bonchev–Trinajstić information content (AvgIpc) is 2.41. The topological polar surface area (TPSA) is 52.3 Å². The molecule has 0 fully saturated rings. The molecule has 0 heterocycles. The van der Waals surface area contributed by atoms with E-state index in [1.165, 1.54) is 0 Å². The molecular formula is C15H15NO2. The van der Waals surface area contributed by atoms with Crippen molar-refractivity contribution in [2.45, 2.75) is 6.10 Å². The fraction of sp³-hybridized carbons (Fsp3) is 0.133. The fourth-order valence-electron chi connectivity index (χ4n) is 1.81. The zero-order valence-electron chi connectivity index (χ0n) is 9.95. The normalized spacial score (nSPS) is 10.5. The molecule has 18 heavy (non-hydrogen) atoms. The van der Waals surface area contributed by atoms with Gasteiger partial charge in [0, 0.05) is 0 Å². The molecule has 0 aliphatic carbocycles. The van der Waals surface area contributed by atoms with Crippen LogP contribution in [0.25, 0.3) is 0 Å². The van der Waals surface area contributed by atoms with E-state index in [1.807, 2.05) is 60.7 Å². The fourth-order valence-corrected chi connectivity index (χ4v) is 1.81. The highest BCUT2D eigenvalue weighted by Gasteiger charge is 2.14. The van der Waals surface area contributed by atoms with Crippen LogP contribution in [-0.4, -0.2) is 12.5 Å². The van der Waals surface area contributed by atoms with E-state index >= 15 is 0 Å². The number of hydrogen-bond donors (Lipinski definition) is 1. The second-order valence-electron chi connectivity index (χ2n) is 3.98. The van der Waals surface area contributed by atoms with Gasteiger partial charge in [-0.15, -0.1) is 0 Å². The number of rotatable bonds is 5. The van der Waals surface area contributed by atoms with Crippen LogP contribution in [0.3, 0.4) is 0 Å². The monoisotopic (exact) mass is 241 g/mol. The number of carbonyl (C=O) groups is 1. The van der Waals surface area contributed by atoms with Crippen molar-refractivity contribution < 1.29 is 9.53 Å². The van der Waals surface area contributed by atoms with Crippen molar-refractivity contribution in [3.8, 4) is 0 Å². The van der Waals surface area contributed by atoms with Crippen molar-refractivity contribution in [1.29, 1.82) is 0 Å². The maximum absolute atomic E-state index is 10.9. The molecule has 2 N–H and O–H groups in total. The summed E-state index contributed by atoms with van der Waals surface area (Å²) in [6.07, 6.45) is -0.264. The van der Waals surface area contributed by atoms with Gasteiger partial charge in [0.2, 0.25) is 5.91 Å². The molecule has 3 nitrogen and oxygen atoms in total. The van der Waals surface area contributed by atoms with Crippen LogP contribution in [0.5, 0.6) is 0 Å². The quantitative estimate of drug-likeness (QED) is 0.873. The number of benzene rings is 2. The van der Waals surface area contributed by atoms with Gasteiger partial charge in [0.25, 0.3) is 0 Å². The highest BCUT2D eigenvalue weighted by atomic mass is 16.5. The molecule has 0 bridgehead atoms. The highest BCUT2D eigenvalue weighted by Crippen LogP contribution is 2.25. The molecule has 92 valence electrons. The van der Waals surface area contributed by atoms with Gasteiger partial charge >= 0.3 is 0 Å². The Balaban J connectivity index is 2.26. The SMILES string of the molecule is NC(=O)COC(c1ccccc1)c1ccccc1. The molecule has 0 saturated heterocycles. The molecule has 0 unspecified atom stereocenters. The maximum atomic E-state index is 10.9. The van der Waals surface area contributed by atoms with Gasteiger partial charge in [-0.25, -0.2) is 0 Å². The van der Waals surface area contributed by atoms with Gasteiger partial charge in [0.1, 0.15) is 12.7 Å². The lowest BCUT2D eigenvalue weighted by Crippen LogP contribution is -2.20. The smallest absolute Gasteiger partial charge is 0.243 e. The molecule has 2 aromatic carbocycles. The van der Waals surface area contributed by atoms with Gasteiger partial charge in [-0.2, -0.15) is 0 Å². The van der Waals surface area contributed by atoms with Crippen molar-refractivity contribution >= 4 is 5.91 Å². The number of ether oxygens (including phenoxy) is 1. The molecule has 2 aromatic rings. The van der Waals surface area contributed by atoms with Crippen LogP contribution in [0, 0.1) is 0 Å². The summed E-state index contributed by atoms with van der Waals surface area (Å²) in [6.45, 7) is -0.0888. The third kappa shape index (κ3) is 3.18. The van der Waals surface area contributed by atoms with Crippen LogP contribution in [-0.2, 0) is 9.53 Å². The molecule has 0 aliphatic heterocycles. The van der Waals surface area contributed by atoms with E-state index in [9.17, 15) is 4.79 Å². The Morgan fingerprint density at radius 3 is 1.78 bits per heavy atom. The lowest BCUT2D eigenvalue weighted by molar-refractivity contribution is -0.123. The molecule has 2 rings (SSSR count). The van der Waals surface area contributed by atoms with E-state index in [2.05, 4.69) is 0 Å². The Kier molecular flexibility index (Phi) is 4.10. The Bertz CT molecular complexity index is 457. The van der Waals surface area contributed by atoms with Crippen LogP contribution in [0.4, 0.5) is 0 Å². The molecular weight excluding hydrogens is 226 g/mol. The van der Waals surface area contributed by atoms with E-state index in [4.69, 9.17) is 10.5 Å². The summed E-state index contributed by atoms with van der Waals surface area (Å²) >= 11 is 0. The first kappa shape index (κ1) is 12.3. The number of nitrogens with two attached hydrogens (primary N) is 1. The first-order valence-corrected chi connectivity index (χ1v) is 5.77. The Morgan fingerprint density at radius 2 is 1.39 bits per heavy atom. The zero-order chi connectivity index (χ0) is 12.8. The lowest BCUT2D eigenvalue weighted by Gasteiger charge is -2.18. The average molecular weight is 241 g/mol. The van der Waals surface area contributed by atoms with Gasteiger partial charge in [-0.1, -0.05) is 60.7 Å². The summed E-state index contributed by atoms with van der Waals surface area (Å²) in [7, 11) is 0. The summed E-state index contributed by atoms with van der Waals surface area (Å²) in [4.78, 5) is 10.9. The molecule has 1 amide bonds. The van der Waals surface area contributed by atoms with Crippen LogP contribution < -0.4 is 5.73 Å². The molecule has 3 heteroatoms. The van der Waals surface area contributed by atoms with Gasteiger partial charge in [-0.05, 0) is 11.1 Å². The summed E-state index contributed by atoms with van der Waals surface area (Å²) < 4.78 is 5.60. The Labute approximate surface area is 106 Å². The van der Waals surface area contributed by atoms with E-state index in [0.29, 0.717) is 0 Å². The predicted molar refractivity (Wildman–Crippen MR) is 69.9 cm³/mol. The van der Waals surface area contributed by atoms with Gasteiger partial charge < -0.3 is 10.5 Å². The summed E-state index contributed by atoms with van der Waals surface area (Å²) in [6, 6.07) is 19.5. The third-order valence-corrected chi connectivity index (χ3v) is 2.60. The second-order valence-corrected chi connectivity index (χ2v) is 3.98. The van der Waals surface area contributed by atoms with Gasteiger partial charge in [-0.3, -0.25) is 4.79 Å². The van der Waals surface area contributed by atoms with Crippen molar-refractivity contribution in [3.63, 3.8) is 0 Å². The maximum Gasteiger partial charge on any atom is 0.243 e. The first-order valence-electron chi connectivity index (χ1n) is 5.77. The van der Waals surface area contributed by atoms with Crippen molar-refractivity contribution in [1.82, 2.24) is 0 Å². The van der Waals surface area contributed by atoms with Crippen LogP contribution in [0.1, 0.15) is 17.2 Å². The molecule has 0 saturated carbocycles. The molecule has 0 radical (unpaired) electrons. The second kappa shape index (κ2) is 5.98. The largest absolute Gasteiger partial charge is 0.368 e. The van der Waals surface area contributed by atoms with Crippen LogP contribution in [0.2, 0.25) is 0 Å². The standard InChI is InChI=1S/C15H15NO2/c16-14(17)11-18-15(12-7-3-1-4-8-12)13-9-5-2-6-10-13/h1-10,15H,11H2,(H2,16,17). The number of carbonyl (C=O) groups excluding carboxylic acids is 1. The molecule has 0 atom stereocenters. The lowest BCUT2D eigenvalue weighted by atomic mass is 10.0. The molecule has 0 spiro atoms. The molecule has 0 aliphatic rings. The van der Waals surface area contributed by atoms with Crippen LogP contribution >= 0.6 is 0 Å². The number of hydrogen-bond acceptors (Lipinski definition) is 2. The Morgan fingerprint density at radius 1 is 0.944 bits per heavy atom. The van der Waals surface area contributed by atoms with E-state index in [0.717, 1.165) is 11.1 Å². The van der Waals surface area contributed by atoms with Crippen molar-refractivity contribution in [3.05, 3.63) is 71.8 Å². The third-order valence-electron chi connectivity index (χ3n) is 2.60. The number of amides is 1. The Hall–Kier alpha value is -2.13. The van der Waals surface area contributed by atoms with E-state index in [-0.39, 0.29) is 12.7 Å². The van der Waals surface area contributed by atoms with Gasteiger partial charge in [0.05, 0.1) is 0 Å². The predicted octanol–water partition coefficient (Wildman–Crippen LogP) is 2.28. The van der Waals surface area contributed by atoms with E-state index in [1.54, 1.807) is 0 Å².